The number of rotatable bonds is 7. The van der Waals surface area contributed by atoms with Crippen LogP contribution < -0.4 is 10.7 Å². The van der Waals surface area contributed by atoms with E-state index in [0.29, 0.717) is 11.4 Å². The molecule has 4 nitrogen and oxygen atoms in total. The first kappa shape index (κ1) is 20.6. The fraction of sp³-hybridized carbons (Fsp3) is 0.280. The Hall–Kier alpha value is -3.14. The predicted molar refractivity (Wildman–Crippen MR) is 120 cm³/mol. The first-order chi connectivity index (χ1) is 14.0. The second-order valence-electron chi connectivity index (χ2n) is 7.37. The molecule has 0 aliphatic carbocycles. The molecular formula is C25H28N2O2. The van der Waals surface area contributed by atoms with Crippen molar-refractivity contribution < 1.29 is 4.79 Å². The van der Waals surface area contributed by atoms with E-state index in [9.17, 15) is 9.59 Å². The largest absolute Gasteiger partial charge is 0.344 e. The smallest absolute Gasteiger partial charge is 0.261 e. The minimum Gasteiger partial charge on any atom is -0.344 e. The lowest BCUT2D eigenvalue weighted by Crippen LogP contribution is -2.27. The van der Waals surface area contributed by atoms with Crippen molar-refractivity contribution in [3.63, 3.8) is 0 Å². The average Bonchev–Trinajstić information content (AvgIpc) is 2.70. The zero-order valence-electron chi connectivity index (χ0n) is 17.4. The molecule has 1 amide bonds. The topological polar surface area (TPSA) is 51.1 Å². The van der Waals surface area contributed by atoms with Gasteiger partial charge in [0.15, 0.2) is 5.43 Å². The third-order valence-corrected chi connectivity index (χ3v) is 5.16. The molecule has 0 atom stereocenters. The highest BCUT2D eigenvalue weighted by Crippen LogP contribution is 2.28. The van der Waals surface area contributed by atoms with E-state index in [2.05, 4.69) is 16.8 Å². The molecule has 0 bridgehead atoms. The van der Waals surface area contributed by atoms with Gasteiger partial charge in [-0.25, -0.2) is 0 Å². The average molecular weight is 389 g/mol. The number of amides is 1. The lowest BCUT2D eigenvalue weighted by molar-refractivity contribution is 0.102. The Morgan fingerprint density at radius 3 is 2.34 bits per heavy atom. The van der Waals surface area contributed by atoms with Crippen molar-refractivity contribution in [3.05, 3.63) is 87.7 Å². The maximum atomic E-state index is 13.2. The first-order valence-electron chi connectivity index (χ1n) is 10.2. The van der Waals surface area contributed by atoms with Gasteiger partial charge in [-0.2, -0.15) is 0 Å². The van der Waals surface area contributed by atoms with Crippen LogP contribution in [0.15, 0.2) is 65.5 Å². The lowest BCUT2D eigenvalue weighted by atomic mass is 9.98. The minimum absolute atomic E-state index is 0.199. The summed E-state index contributed by atoms with van der Waals surface area (Å²) < 4.78 is 2.12. The number of anilines is 1. The minimum atomic E-state index is -0.372. The molecule has 4 heteroatoms. The number of nitrogens with zero attached hydrogens (tertiary/aromatic N) is 1. The van der Waals surface area contributed by atoms with Crippen molar-refractivity contribution >= 4 is 11.6 Å². The Balaban J connectivity index is 2.18. The van der Waals surface area contributed by atoms with Crippen molar-refractivity contribution in [2.45, 2.75) is 46.6 Å². The molecule has 0 saturated carbocycles. The molecule has 29 heavy (non-hydrogen) atoms. The molecule has 1 heterocycles. The highest BCUT2D eigenvalue weighted by Gasteiger charge is 2.22. The Morgan fingerprint density at radius 2 is 1.66 bits per heavy atom. The molecule has 0 spiro atoms. The number of aromatic nitrogens is 1. The molecule has 3 rings (SSSR count). The van der Waals surface area contributed by atoms with Crippen LogP contribution in [0.5, 0.6) is 0 Å². The van der Waals surface area contributed by atoms with E-state index in [1.807, 2.05) is 68.4 Å². The molecule has 150 valence electrons. The zero-order chi connectivity index (χ0) is 20.8. The second-order valence-corrected chi connectivity index (χ2v) is 7.37. The van der Waals surface area contributed by atoms with Crippen LogP contribution in [0.1, 0.15) is 47.8 Å². The zero-order valence-corrected chi connectivity index (χ0v) is 17.4. The first-order valence-corrected chi connectivity index (χ1v) is 10.2. The number of aryl methyl sites for hydroxylation is 2. The number of benzene rings is 2. The summed E-state index contributed by atoms with van der Waals surface area (Å²) >= 11 is 0. The van der Waals surface area contributed by atoms with Crippen LogP contribution in [0.2, 0.25) is 0 Å². The quantitative estimate of drug-likeness (QED) is 0.538. The number of carbonyl (C=O) groups excluding carboxylic acids is 1. The molecule has 0 saturated heterocycles. The third kappa shape index (κ3) is 4.65. The number of hydrogen-bond donors (Lipinski definition) is 1. The van der Waals surface area contributed by atoms with Crippen molar-refractivity contribution in [2.75, 3.05) is 5.32 Å². The second kappa shape index (κ2) is 9.37. The van der Waals surface area contributed by atoms with Gasteiger partial charge in [-0.3, -0.25) is 9.59 Å². The normalized spacial score (nSPS) is 10.7. The third-order valence-electron chi connectivity index (χ3n) is 5.16. The molecular weight excluding hydrogens is 360 g/mol. The molecule has 0 radical (unpaired) electrons. The number of unbranched alkanes of at least 4 members (excludes halogenated alkanes) is 2. The number of hydrogen-bond acceptors (Lipinski definition) is 2. The van der Waals surface area contributed by atoms with Crippen molar-refractivity contribution in [1.82, 2.24) is 4.57 Å². The van der Waals surface area contributed by atoms with Gasteiger partial charge >= 0.3 is 0 Å². The van der Waals surface area contributed by atoms with Gasteiger partial charge in [0.25, 0.3) is 5.91 Å². The summed E-state index contributed by atoms with van der Waals surface area (Å²) in [5, 5.41) is 2.89. The van der Waals surface area contributed by atoms with Crippen molar-refractivity contribution in [3.8, 4) is 11.3 Å². The van der Waals surface area contributed by atoms with E-state index in [1.165, 1.54) is 0 Å². The highest BCUT2D eigenvalue weighted by atomic mass is 16.2. The van der Waals surface area contributed by atoms with Gasteiger partial charge in [0, 0.05) is 29.6 Å². The van der Waals surface area contributed by atoms with Crippen molar-refractivity contribution in [2.24, 2.45) is 0 Å². The van der Waals surface area contributed by atoms with E-state index >= 15 is 0 Å². The van der Waals surface area contributed by atoms with Crippen LogP contribution in [0.3, 0.4) is 0 Å². The molecule has 1 N–H and O–H groups in total. The van der Waals surface area contributed by atoms with E-state index in [1.54, 1.807) is 6.07 Å². The van der Waals surface area contributed by atoms with Gasteiger partial charge in [-0.1, -0.05) is 62.2 Å². The summed E-state index contributed by atoms with van der Waals surface area (Å²) in [5.41, 5.74) is 4.16. The highest BCUT2D eigenvalue weighted by molar-refractivity contribution is 6.08. The van der Waals surface area contributed by atoms with Crippen LogP contribution >= 0.6 is 0 Å². The van der Waals surface area contributed by atoms with E-state index in [0.717, 1.165) is 42.6 Å². The summed E-state index contributed by atoms with van der Waals surface area (Å²) in [6.45, 7) is 6.89. The number of nitrogens with one attached hydrogen (secondary N) is 1. The number of para-hydroxylation sites is 1. The summed E-state index contributed by atoms with van der Waals surface area (Å²) in [7, 11) is 0. The van der Waals surface area contributed by atoms with Crippen LogP contribution in [0.4, 0.5) is 5.69 Å². The van der Waals surface area contributed by atoms with Gasteiger partial charge in [0.05, 0.1) is 5.69 Å². The Labute approximate surface area is 172 Å². The maximum absolute atomic E-state index is 13.2. The fourth-order valence-corrected chi connectivity index (χ4v) is 3.63. The van der Waals surface area contributed by atoms with Crippen molar-refractivity contribution in [1.29, 1.82) is 0 Å². The van der Waals surface area contributed by atoms with Crippen LogP contribution in [0, 0.1) is 13.8 Å². The molecule has 0 aliphatic heterocycles. The standard InChI is InChI=1S/C25H28N2O2/c1-4-5-11-16-27-19(3)17-22(28)23(24(27)21-15-10-9-12-18(21)2)25(29)26-20-13-7-6-8-14-20/h6-10,12-15,17H,4-5,11,16H2,1-3H3,(H,26,29). The van der Waals surface area contributed by atoms with E-state index < -0.39 is 0 Å². The predicted octanol–water partition coefficient (Wildman–Crippen LogP) is 5.57. The number of carbonyl (C=O) groups is 1. The Kier molecular flexibility index (Phi) is 6.65. The molecule has 0 fully saturated rings. The van der Waals surface area contributed by atoms with Gasteiger partial charge in [0.2, 0.25) is 0 Å². The maximum Gasteiger partial charge on any atom is 0.261 e. The SMILES string of the molecule is CCCCCn1c(C)cc(=O)c(C(=O)Nc2ccccc2)c1-c1ccccc1C. The Bertz CT molecular complexity index is 1050. The lowest BCUT2D eigenvalue weighted by Gasteiger charge is -2.21. The summed E-state index contributed by atoms with van der Waals surface area (Å²) in [6.07, 6.45) is 3.21. The Morgan fingerprint density at radius 1 is 0.966 bits per heavy atom. The van der Waals surface area contributed by atoms with Crippen LogP contribution in [-0.2, 0) is 6.54 Å². The fourth-order valence-electron chi connectivity index (χ4n) is 3.63. The molecule has 0 unspecified atom stereocenters. The summed E-state index contributed by atoms with van der Waals surface area (Å²) in [6, 6.07) is 18.7. The number of pyridine rings is 1. The van der Waals surface area contributed by atoms with Gasteiger partial charge in [-0.05, 0) is 38.0 Å². The van der Waals surface area contributed by atoms with Crippen LogP contribution in [-0.4, -0.2) is 10.5 Å². The van der Waals surface area contributed by atoms with Gasteiger partial charge in [0.1, 0.15) is 5.56 Å². The van der Waals surface area contributed by atoms with Gasteiger partial charge in [-0.15, -0.1) is 0 Å². The van der Waals surface area contributed by atoms with E-state index in [-0.39, 0.29) is 16.9 Å². The summed E-state index contributed by atoms with van der Waals surface area (Å²) in [4.78, 5) is 26.2. The molecule has 2 aromatic carbocycles. The van der Waals surface area contributed by atoms with Crippen LogP contribution in [0.25, 0.3) is 11.3 Å². The molecule has 0 aliphatic rings. The van der Waals surface area contributed by atoms with Gasteiger partial charge < -0.3 is 9.88 Å². The molecule has 1 aromatic heterocycles. The monoisotopic (exact) mass is 388 g/mol. The molecule has 3 aromatic rings. The van der Waals surface area contributed by atoms with E-state index in [4.69, 9.17) is 0 Å². The summed E-state index contributed by atoms with van der Waals surface area (Å²) in [5.74, 6) is -0.372.